The van der Waals surface area contributed by atoms with Crippen molar-refractivity contribution in [3.05, 3.63) is 0 Å². The molecule has 5 nitrogen and oxygen atoms in total. The highest BCUT2D eigenvalue weighted by atomic mass is 79.9. The van der Waals surface area contributed by atoms with Crippen LogP contribution in [0.5, 0.6) is 0 Å². The van der Waals surface area contributed by atoms with Crippen molar-refractivity contribution in [1.82, 2.24) is 14.7 Å². The number of alkyl halides is 1. The van der Waals surface area contributed by atoms with E-state index >= 15 is 0 Å². The molecular formula is C12H22BrN3O2. The Bertz CT molecular complexity index is 302. The van der Waals surface area contributed by atoms with Crippen LogP contribution in [0, 0.1) is 0 Å². The fraction of sp³-hybridized carbons (Fsp3) is 0.833. The van der Waals surface area contributed by atoms with Crippen LogP contribution in [0.1, 0.15) is 13.3 Å². The fourth-order valence-electron chi connectivity index (χ4n) is 1.83. The third kappa shape index (κ3) is 4.24. The van der Waals surface area contributed by atoms with Gasteiger partial charge in [0.2, 0.25) is 11.8 Å². The van der Waals surface area contributed by atoms with Crippen LogP contribution in [0.25, 0.3) is 0 Å². The molecule has 0 aromatic heterocycles. The topological polar surface area (TPSA) is 43.9 Å². The van der Waals surface area contributed by atoms with Crippen LogP contribution in [-0.4, -0.2) is 78.2 Å². The standard InChI is InChI=1S/C12H22BrN3O2/c1-4-10(13)12(18)16-7-5-15(6-8-16)9-11(17)14(2)3/h10H,4-9H2,1-3H3. The molecule has 0 N–H and O–H groups in total. The highest BCUT2D eigenvalue weighted by molar-refractivity contribution is 9.10. The maximum atomic E-state index is 12.0. The lowest BCUT2D eigenvalue weighted by Gasteiger charge is -2.35. The van der Waals surface area contributed by atoms with Crippen LogP contribution in [-0.2, 0) is 9.59 Å². The van der Waals surface area contributed by atoms with Crippen LogP contribution in [0.15, 0.2) is 0 Å². The molecule has 0 aliphatic carbocycles. The minimum atomic E-state index is -0.0764. The van der Waals surface area contributed by atoms with Crippen LogP contribution in [0.4, 0.5) is 0 Å². The Hall–Kier alpha value is -0.620. The van der Waals surface area contributed by atoms with Gasteiger partial charge >= 0.3 is 0 Å². The number of amides is 2. The third-order valence-electron chi connectivity index (χ3n) is 3.17. The number of carbonyl (C=O) groups is 2. The van der Waals surface area contributed by atoms with Crippen molar-refractivity contribution in [2.45, 2.75) is 18.2 Å². The second-order valence-electron chi connectivity index (χ2n) is 4.77. The average Bonchev–Trinajstić information content (AvgIpc) is 2.37. The molecular weight excluding hydrogens is 298 g/mol. The Balaban J connectivity index is 2.37. The summed E-state index contributed by atoms with van der Waals surface area (Å²) in [5, 5.41) is 0. The smallest absolute Gasteiger partial charge is 0.236 e. The lowest BCUT2D eigenvalue weighted by molar-refractivity contribution is -0.133. The molecule has 0 spiro atoms. The van der Waals surface area contributed by atoms with Gasteiger partial charge in [0, 0.05) is 40.3 Å². The monoisotopic (exact) mass is 319 g/mol. The van der Waals surface area contributed by atoms with Crippen LogP contribution in [0.3, 0.4) is 0 Å². The highest BCUT2D eigenvalue weighted by Crippen LogP contribution is 2.11. The minimum absolute atomic E-state index is 0.0764. The molecule has 2 amide bonds. The molecule has 0 saturated carbocycles. The van der Waals surface area contributed by atoms with Gasteiger partial charge in [-0.2, -0.15) is 0 Å². The molecule has 1 fully saturated rings. The Morgan fingerprint density at radius 1 is 1.22 bits per heavy atom. The van der Waals surface area contributed by atoms with Gasteiger partial charge in [0.1, 0.15) is 0 Å². The van der Waals surface area contributed by atoms with E-state index in [1.54, 1.807) is 19.0 Å². The number of halogens is 1. The maximum Gasteiger partial charge on any atom is 0.236 e. The first-order valence-electron chi connectivity index (χ1n) is 6.31. The molecule has 1 heterocycles. The molecule has 0 radical (unpaired) electrons. The zero-order valence-electron chi connectivity index (χ0n) is 11.4. The predicted molar refractivity (Wildman–Crippen MR) is 74.7 cm³/mol. The van der Waals surface area contributed by atoms with Gasteiger partial charge in [-0.05, 0) is 6.42 Å². The van der Waals surface area contributed by atoms with Gasteiger partial charge in [-0.25, -0.2) is 0 Å². The molecule has 0 aromatic carbocycles. The second kappa shape index (κ2) is 7.09. The summed E-state index contributed by atoms with van der Waals surface area (Å²) in [4.78, 5) is 29.0. The molecule has 1 aliphatic rings. The summed E-state index contributed by atoms with van der Waals surface area (Å²) in [5.41, 5.74) is 0. The fourth-order valence-corrected chi connectivity index (χ4v) is 2.12. The quantitative estimate of drug-likeness (QED) is 0.704. The van der Waals surface area contributed by atoms with Crippen molar-refractivity contribution in [1.29, 1.82) is 0 Å². The van der Waals surface area contributed by atoms with Gasteiger partial charge in [0.15, 0.2) is 0 Å². The largest absolute Gasteiger partial charge is 0.348 e. The van der Waals surface area contributed by atoms with E-state index < -0.39 is 0 Å². The number of likely N-dealkylation sites (N-methyl/N-ethyl adjacent to an activating group) is 1. The molecule has 0 aromatic rings. The summed E-state index contributed by atoms with van der Waals surface area (Å²) in [6, 6.07) is 0. The highest BCUT2D eigenvalue weighted by Gasteiger charge is 2.25. The van der Waals surface area contributed by atoms with E-state index in [1.165, 1.54) is 0 Å². The average molecular weight is 320 g/mol. The zero-order chi connectivity index (χ0) is 13.7. The number of nitrogens with zero attached hydrogens (tertiary/aromatic N) is 3. The molecule has 104 valence electrons. The van der Waals surface area contributed by atoms with E-state index in [9.17, 15) is 9.59 Å². The molecule has 18 heavy (non-hydrogen) atoms. The van der Waals surface area contributed by atoms with Crippen LogP contribution in [0.2, 0.25) is 0 Å². The van der Waals surface area contributed by atoms with Crippen molar-refractivity contribution in [2.24, 2.45) is 0 Å². The van der Waals surface area contributed by atoms with Gasteiger partial charge in [0.05, 0.1) is 11.4 Å². The van der Waals surface area contributed by atoms with Gasteiger partial charge < -0.3 is 9.80 Å². The Morgan fingerprint density at radius 3 is 2.22 bits per heavy atom. The number of rotatable bonds is 4. The number of carbonyl (C=O) groups excluding carboxylic acids is 2. The molecule has 0 bridgehead atoms. The van der Waals surface area contributed by atoms with E-state index in [0.29, 0.717) is 19.6 Å². The van der Waals surface area contributed by atoms with E-state index in [2.05, 4.69) is 20.8 Å². The summed E-state index contributed by atoms with van der Waals surface area (Å²) in [7, 11) is 3.53. The van der Waals surface area contributed by atoms with Crippen molar-refractivity contribution in [3.8, 4) is 0 Å². The minimum Gasteiger partial charge on any atom is -0.348 e. The van der Waals surface area contributed by atoms with Gasteiger partial charge in [-0.3, -0.25) is 14.5 Å². The summed E-state index contributed by atoms with van der Waals surface area (Å²) < 4.78 is 0. The number of hydrogen-bond donors (Lipinski definition) is 0. The molecule has 1 unspecified atom stereocenters. The van der Waals surface area contributed by atoms with Crippen LogP contribution < -0.4 is 0 Å². The van der Waals surface area contributed by atoms with Gasteiger partial charge in [-0.1, -0.05) is 22.9 Å². The van der Waals surface area contributed by atoms with E-state index in [0.717, 1.165) is 19.5 Å². The summed E-state index contributed by atoms with van der Waals surface area (Å²) >= 11 is 3.39. The number of piperazine rings is 1. The molecule has 1 saturated heterocycles. The summed E-state index contributed by atoms with van der Waals surface area (Å²) in [6.45, 7) is 5.40. The first kappa shape index (κ1) is 15.4. The Labute approximate surface area is 117 Å². The van der Waals surface area contributed by atoms with Crippen LogP contribution >= 0.6 is 15.9 Å². The van der Waals surface area contributed by atoms with Gasteiger partial charge in [-0.15, -0.1) is 0 Å². The Kier molecular flexibility index (Phi) is 6.08. The normalized spacial score (nSPS) is 18.6. The zero-order valence-corrected chi connectivity index (χ0v) is 12.9. The molecule has 1 aliphatic heterocycles. The third-order valence-corrected chi connectivity index (χ3v) is 4.21. The van der Waals surface area contributed by atoms with E-state index in [-0.39, 0.29) is 16.6 Å². The maximum absolute atomic E-state index is 12.0. The molecule has 1 rings (SSSR count). The van der Waals surface area contributed by atoms with Crippen molar-refractivity contribution in [3.63, 3.8) is 0 Å². The first-order chi connectivity index (χ1) is 8.45. The summed E-state index contributed by atoms with van der Waals surface area (Å²) in [6.07, 6.45) is 0.804. The van der Waals surface area contributed by atoms with Gasteiger partial charge in [0.25, 0.3) is 0 Å². The van der Waals surface area contributed by atoms with Crippen molar-refractivity contribution >= 4 is 27.7 Å². The second-order valence-corrected chi connectivity index (χ2v) is 5.87. The first-order valence-corrected chi connectivity index (χ1v) is 7.22. The lowest BCUT2D eigenvalue weighted by atomic mass is 10.2. The van der Waals surface area contributed by atoms with Crippen molar-refractivity contribution < 1.29 is 9.59 Å². The predicted octanol–water partition coefficient (Wildman–Crippen LogP) is 0.392. The Morgan fingerprint density at radius 2 is 1.78 bits per heavy atom. The number of hydrogen-bond acceptors (Lipinski definition) is 3. The molecule has 1 atom stereocenters. The van der Waals surface area contributed by atoms with E-state index in [1.807, 2.05) is 11.8 Å². The van der Waals surface area contributed by atoms with Crippen molar-refractivity contribution in [2.75, 3.05) is 46.8 Å². The van der Waals surface area contributed by atoms with E-state index in [4.69, 9.17) is 0 Å². The SMILES string of the molecule is CCC(Br)C(=O)N1CCN(CC(=O)N(C)C)CC1. The molecule has 6 heteroatoms. The lowest BCUT2D eigenvalue weighted by Crippen LogP contribution is -2.52. The summed E-state index contributed by atoms with van der Waals surface area (Å²) in [5.74, 6) is 0.276.